The molecule has 0 aliphatic carbocycles. The third-order valence-corrected chi connectivity index (χ3v) is 6.98. The first-order chi connectivity index (χ1) is 18.5. The first-order valence-electron chi connectivity index (χ1n) is 11.9. The molecule has 0 spiro atoms. The van der Waals surface area contributed by atoms with Crippen LogP contribution < -0.4 is 26.0 Å². The van der Waals surface area contributed by atoms with Crippen LogP contribution in [0.4, 0.5) is 14.0 Å². The van der Waals surface area contributed by atoms with E-state index in [4.69, 9.17) is 9.15 Å². The predicted molar refractivity (Wildman–Crippen MR) is 133 cm³/mol. The van der Waals surface area contributed by atoms with Crippen LogP contribution in [0.5, 0.6) is 5.75 Å². The maximum Gasteiger partial charge on any atom is 0.322 e. The average Bonchev–Trinajstić information content (AvgIpc) is 3.51. The van der Waals surface area contributed by atoms with Gasteiger partial charge in [0.25, 0.3) is 11.8 Å². The van der Waals surface area contributed by atoms with Gasteiger partial charge in [0.2, 0.25) is 6.41 Å². The molecule has 0 radical (unpaired) electrons. The Morgan fingerprint density at radius 3 is 2.72 bits per heavy atom. The molecule has 4 N–H and O–H groups in total. The van der Waals surface area contributed by atoms with Crippen LogP contribution in [0.25, 0.3) is 11.0 Å². The number of carbonyl (C=O) groups is 5. The van der Waals surface area contributed by atoms with Crippen molar-refractivity contribution in [2.75, 3.05) is 13.7 Å². The van der Waals surface area contributed by atoms with Crippen molar-refractivity contribution in [3.05, 3.63) is 64.2 Å². The number of nitrogens with one attached hydrogen (secondary N) is 4. The van der Waals surface area contributed by atoms with Crippen molar-refractivity contribution in [3.63, 3.8) is 0 Å². The second-order valence-electron chi connectivity index (χ2n) is 9.48. The number of aryl methyl sites for hydroxylation is 1. The van der Waals surface area contributed by atoms with Gasteiger partial charge in [-0.1, -0.05) is 6.07 Å². The van der Waals surface area contributed by atoms with Gasteiger partial charge in [0, 0.05) is 18.5 Å². The van der Waals surface area contributed by atoms with E-state index in [0.717, 1.165) is 0 Å². The van der Waals surface area contributed by atoms with Gasteiger partial charge in [-0.05, 0) is 54.8 Å². The summed E-state index contributed by atoms with van der Waals surface area (Å²) < 4.78 is 25.8. The smallest absolute Gasteiger partial charge is 0.322 e. The van der Waals surface area contributed by atoms with Gasteiger partial charge in [-0.3, -0.25) is 25.0 Å². The minimum absolute atomic E-state index is 0.0618. The Balaban J connectivity index is 1.49. The molecule has 5 rings (SSSR count). The van der Waals surface area contributed by atoms with E-state index in [1.165, 1.54) is 18.1 Å². The van der Waals surface area contributed by atoms with Crippen LogP contribution in [-0.4, -0.2) is 48.8 Å². The van der Waals surface area contributed by atoms with Gasteiger partial charge in [-0.15, -0.1) is 0 Å². The second kappa shape index (κ2) is 9.42. The zero-order valence-electron chi connectivity index (χ0n) is 21.1. The number of methoxy groups -OCH3 is 1. The topological polar surface area (TPSA) is 159 Å². The summed E-state index contributed by atoms with van der Waals surface area (Å²) in [7, 11) is 1.30. The van der Waals surface area contributed by atoms with Crippen molar-refractivity contribution in [2.24, 2.45) is 0 Å². The summed E-state index contributed by atoms with van der Waals surface area (Å²) in [5.74, 6) is -1.68. The summed E-state index contributed by atoms with van der Waals surface area (Å²) in [4.78, 5) is 61.9. The molecule has 1 unspecified atom stereocenters. The van der Waals surface area contributed by atoms with Gasteiger partial charge in [0.15, 0.2) is 11.6 Å². The Hall–Kier alpha value is -4.94. The number of fused-ring (bicyclic) bond motifs is 2. The summed E-state index contributed by atoms with van der Waals surface area (Å²) in [5, 5.41) is 10.0. The van der Waals surface area contributed by atoms with E-state index in [1.807, 2.05) is 5.32 Å². The lowest BCUT2D eigenvalue weighted by atomic mass is 9.88. The number of urea groups is 2. The van der Waals surface area contributed by atoms with Gasteiger partial charge in [0.05, 0.1) is 12.7 Å². The van der Waals surface area contributed by atoms with E-state index in [0.29, 0.717) is 27.7 Å². The number of benzene rings is 2. The highest BCUT2D eigenvalue weighted by atomic mass is 19.1. The lowest BCUT2D eigenvalue weighted by Gasteiger charge is -2.23. The third kappa shape index (κ3) is 4.31. The van der Waals surface area contributed by atoms with Gasteiger partial charge >= 0.3 is 12.1 Å². The first kappa shape index (κ1) is 25.7. The fourth-order valence-corrected chi connectivity index (χ4v) is 5.03. The predicted octanol–water partition coefficient (Wildman–Crippen LogP) is 2.10. The fraction of sp³-hybridized carbons (Fsp3) is 0.269. The van der Waals surface area contributed by atoms with E-state index < -0.39 is 41.3 Å². The standard InChI is InChI=1S/C26H24FN5O7/c1-12-6-18-14(7-15(12)26(2)23(35)30-25(37)31-26)8-19(39-18)16(29-24(36)28-11-33)10-32-9-13-4-5-17(38-3)21(27)20(13)22(32)34/h4-8,11,16H,9-10H2,1-3H3,(H2,28,29,33,36)(H2,30,31,35,37)/t16-,26?/m0/s1. The molecule has 1 saturated heterocycles. The van der Waals surface area contributed by atoms with E-state index in [-0.39, 0.29) is 36.6 Å². The van der Waals surface area contributed by atoms with Crippen molar-refractivity contribution < 1.29 is 37.5 Å². The van der Waals surface area contributed by atoms with Crippen LogP contribution >= 0.6 is 0 Å². The normalized spacial score (nSPS) is 19.0. The number of imide groups is 2. The molecule has 0 bridgehead atoms. The highest BCUT2D eigenvalue weighted by molar-refractivity contribution is 6.07. The molecule has 1 aromatic heterocycles. The average molecular weight is 538 g/mol. The number of ether oxygens (including phenoxy) is 1. The Labute approximate surface area is 220 Å². The minimum Gasteiger partial charge on any atom is -0.494 e. The molecule has 39 heavy (non-hydrogen) atoms. The highest BCUT2D eigenvalue weighted by Gasteiger charge is 2.44. The molecule has 3 heterocycles. The SMILES string of the molecule is COc1ccc2c(c1F)C(=O)N(C[C@H](NC(=O)NC=O)c1cc3cc(C4(C)NC(=O)NC4=O)c(C)cc3o1)C2. The molecule has 7 amide bonds. The van der Waals surface area contributed by atoms with E-state index in [1.54, 1.807) is 38.1 Å². The summed E-state index contributed by atoms with van der Waals surface area (Å²) >= 11 is 0. The van der Waals surface area contributed by atoms with Gasteiger partial charge in [-0.2, -0.15) is 0 Å². The summed E-state index contributed by atoms with van der Waals surface area (Å²) in [6.07, 6.45) is 0.209. The molecule has 13 heteroatoms. The lowest BCUT2D eigenvalue weighted by Crippen LogP contribution is -2.42. The van der Waals surface area contributed by atoms with Crippen LogP contribution in [0.3, 0.4) is 0 Å². The Morgan fingerprint density at radius 2 is 2.05 bits per heavy atom. The van der Waals surface area contributed by atoms with Crippen LogP contribution in [0.15, 0.2) is 34.7 Å². The number of rotatable bonds is 7. The van der Waals surface area contributed by atoms with E-state index in [2.05, 4.69) is 16.0 Å². The highest BCUT2D eigenvalue weighted by Crippen LogP contribution is 2.35. The lowest BCUT2D eigenvalue weighted by molar-refractivity contribution is -0.123. The Bertz CT molecular complexity index is 1570. The first-order valence-corrected chi connectivity index (χ1v) is 11.9. The summed E-state index contributed by atoms with van der Waals surface area (Å²) in [6, 6.07) is 5.68. The molecule has 0 saturated carbocycles. The molecule has 1 fully saturated rings. The molecular weight excluding hydrogens is 513 g/mol. The number of carbonyl (C=O) groups excluding carboxylic acids is 5. The molecule has 3 aromatic rings. The molecule has 2 aromatic carbocycles. The van der Waals surface area contributed by atoms with Crippen molar-refractivity contribution in [1.82, 2.24) is 26.2 Å². The third-order valence-electron chi connectivity index (χ3n) is 6.98. The summed E-state index contributed by atoms with van der Waals surface area (Å²) in [6.45, 7) is 3.32. The van der Waals surface area contributed by atoms with Gasteiger partial charge in [-0.25, -0.2) is 14.0 Å². The maximum absolute atomic E-state index is 14.8. The van der Waals surface area contributed by atoms with Crippen molar-refractivity contribution in [3.8, 4) is 5.75 Å². The monoisotopic (exact) mass is 537 g/mol. The second-order valence-corrected chi connectivity index (χ2v) is 9.48. The van der Waals surface area contributed by atoms with Crippen LogP contribution in [0.1, 0.15) is 45.8 Å². The zero-order valence-corrected chi connectivity index (χ0v) is 21.1. The zero-order chi connectivity index (χ0) is 28.1. The van der Waals surface area contributed by atoms with E-state index in [9.17, 15) is 28.4 Å². The van der Waals surface area contributed by atoms with Crippen LogP contribution in [0.2, 0.25) is 0 Å². The van der Waals surface area contributed by atoms with Crippen LogP contribution in [-0.2, 0) is 21.7 Å². The Morgan fingerprint density at radius 1 is 1.28 bits per heavy atom. The van der Waals surface area contributed by atoms with Crippen molar-refractivity contribution in [2.45, 2.75) is 32.0 Å². The molecule has 2 aliphatic rings. The van der Waals surface area contributed by atoms with Crippen molar-refractivity contribution in [1.29, 1.82) is 0 Å². The van der Waals surface area contributed by atoms with E-state index >= 15 is 0 Å². The number of furan rings is 1. The number of hydrogen-bond acceptors (Lipinski definition) is 7. The van der Waals surface area contributed by atoms with Crippen molar-refractivity contribution >= 4 is 41.3 Å². The van der Waals surface area contributed by atoms with Crippen LogP contribution in [0, 0.1) is 12.7 Å². The molecule has 2 atom stereocenters. The number of halogens is 1. The molecule has 12 nitrogen and oxygen atoms in total. The number of nitrogens with zero attached hydrogens (tertiary/aromatic N) is 1. The quantitative estimate of drug-likeness (QED) is 0.265. The maximum atomic E-state index is 14.8. The Kier molecular flexibility index (Phi) is 6.21. The minimum atomic E-state index is -1.30. The number of amides is 7. The molecule has 202 valence electrons. The number of hydrogen-bond donors (Lipinski definition) is 4. The molecule has 2 aliphatic heterocycles. The van der Waals surface area contributed by atoms with Gasteiger partial charge < -0.3 is 24.7 Å². The summed E-state index contributed by atoms with van der Waals surface area (Å²) in [5.41, 5.74) is 0.691. The fourth-order valence-electron chi connectivity index (χ4n) is 5.03. The van der Waals surface area contributed by atoms with Gasteiger partial charge in [0.1, 0.15) is 22.9 Å². The largest absolute Gasteiger partial charge is 0.494 e. The molecular formula is C26H24FN5O7.